The van der Waals surface area contributed by atoms with Gasteiger partial charge in [-0.1, -0.05) is 0 Å². The highest BCUT2D eigenvalue weighted by molar-refractivity contribution is 5.90. The number of nitrogens with one attached hydrogen (secondary N) is 2. The molecule has 0 radical (unpaired) electrons. The maximum atomic E-state index is 12.0. The van der Waals surface area contributed by atoms with Gasteiger partial charge in [0.05, 0.1) is 0 Å². The zero-order chi connectivity index (χ0) is 14.2. The molecule has 0 atom stereocenters. The first kappa shape index (κ1) is 13.5. The molecular formula is C12H20N6O. The molecule has 2 rings (SSSR count). The van der Waals surface area contributed by atoms with Crippen molar-refractivity contribution in [2.24, 2.45) is 5.84 Å². The molecule has 1 aliphatic heterocycles. The summed E-state index contributed by atoms with van der Waals surface area (Å²) in [5.74, 6) is 7.43. The van der Waals surface area contributed by atoms with Gasteiger partial charge in [-0.3, -0.25) is 4.79 Å². The standard InChI is InChI=1S/C12H20N6O/c1-7-9(17-13)15-8(2)16-10(7)18-6-5-14-11(19)12(18,3)4/h5-6,13H2,1-4H3,(H,14,19)(H,15,16,17). The van der Waals surface area contributed by atoms with Crippen molar-refractivity contribution >= 4 is 17.5 Å². The number of hydrogen-bond donors (Lipinski definition) is 3. The van der Waals surface area contributed by atoms with Crippen molar-refractivity contribution in [2.75, 3.05) is 23.4 Å². The van der Waals surface area contributed by atoms with Crippen molar-refractivity contribution in [3.05, 3.63) is 11.4 Å². The van der Waals surface area contributed by atoms with Crippen molar-refractivity contribution in [2.45, 2.75) is 33.2 Å². The summed E-state index contributed by atoms with van der Waals surface area (Å²) >= 11 is 0. The molecule has 0 aliphatic carbocycles. The smallest absolute Gasteiger partial charge is 0.245 e. The molecule has 19 heavy (non-hydrogen) atoms. The van der Waals surface area contributed by atoms with E-state index in [1.54, 1.807) is 6.92 Å². The molecule has 1 amide bonds. The normalized spacial score (nSPS) is 18.2. The first-order valence-corrected chi connectivity index (χ1v) is 6.25. The first-order valence-electron chi connectivity index (χ1n) is 6.25. The van der Waals surface area contributed by atoms with Crippen LogP contribution in [-0.2, 0) is 4.79 Å². The van der Waals surface area contributed by atoms with E-state index in [1.807, 2.05) is 25.7 Å². The van der Waals surface area contributed by atoms with Crippen molar-refractivity contribution in [3.63, 3.8) is 0 Å². The summed E-state index contributed by atoms with van der Waals surface area (Å²) in [5, 5.41) is 2.87. The maximum Gasteiger partial charge on any atom is 0.245 e. The van der Waals surface area contributed by atoms with Crippen LogP contribution in [-0.4, -0.2) is 34.5 Å². The van der Waals surface area contributed by atoms with Crippen molar-refractivity contribution in [3.8, 4) is 0 Å². The van der Waals surface area contributed by atoms with Crippen molar-refractivity contribution in [1.29, 1.82) is 0 Å². The largest absolute Gasteiger partial charge is 0.352 e. The minimum atomic E-state index is -0.643. The van der Waals surface area contributed by atoms with Crippen molar-refractivity contribution in [1.82, 2.24) is 15.3 Å². The Labute approximate surface area is 112 Å². The van der Waals surface area contributed by atoms with E-state index in [0.717, 1.165) is 11.4 Å². The van der Waals surface area contributed by atoms with E-state index in [1.165, 1.54) is 0 Å². The van der Waals surface area contributed by atoms with Gasteiger partial charge in [-0.05, 0) is 27.7 Å². The Morgan fingerprint density at radius 2 is 2.05 bits per heavy atom. The number of aromatic nitrogens is 2. The Kier molecular flexibility index (Phi) is 3.32. The molecule has 0 aromatic carbocycles. The molecule has 1 aliphatic rings. The van der Waals surface area contributed by atoms with Crippen LogP contribution in [0.4, 0.5) is 11.6 Å². The molecule has 0 saturated carbocycles. The molecule has 1 fully saturated rings. The molecule has 0 unspecified atom stereocenters. The summed E-state index contributed by atoms with van der Waals surface area (Å²) in [7, 11) is 0. The number of hydrogen-bond acceptors (Lipinski definition) is 6. The predicted molar refractivity (Wildman–Crippen MR) is 73.8 cm³/mol. The lowest BCUT2D eigenvalue weighted by atomic mass is 9.98. The van der Waals surface area contributed by atoms with Gasteiger partial charge < -0.3 is 15.6 Å². The number of piperazine rings is 1. The number of nitrogen functional groups attached to an aromatic ring is 1. The molecule has 0 bridgehead atoms. The van der Waals surface area contributed by atoms with Gasteiger partial charge in [-0.25, -0.2) is 15.8 Å². The Morgan fingerprint density at radius 1 is 1.37 bits per heavy atom. The van der Waals surface area contributed by atoms with Gasteiger partial charge in [0, 0.05) is 18.7 Å². The van der Waals surface area contributed by atoms with Crippen LogP contribution in [0.2, 0.25) is 0 Å². The molecule has 7 nitrogen and oxygen atoms in total. The van der Waals surface area contributed by atoms with Crippen LogP contribution in [0.3, 0.4) is 0 Å². The van der Waals surface area contributed by atoms with Crippen LogP contribution in [0.1, 0.15) is 25.2 Å². The number of carbonyl (C=O) groups excluding carboxylic acids is 1. The second kappa shape index (κ2) is 4.65. The summed E-state index contributed by atoms with van der Waals surface area (Å²) in [6, 6.07) is 0. The van der Waals surface area contributed by atoms with Crippen LogP contribution in [0.25, 0.3) is 0 Å². The average molecular weight is 264 g/mol. The van der Waals surface area contributed by atoms with E-state index in [-0.39, 0.29) is 5.91 Å². The molecule has 1 aromatic heterocycles. The summed E-state index contributed by atoms with van der Waals surface area (Å²) < 4.78 is 0. The van der Waals surface area contributed by atoms with E-state index in [4.69, 9.17) is 5.84 Å². The van der Waals surface area contributed by atoms with E-state index < -0.39 is 5.54 Å². The van der Waals surface area contributed by atoms with Crippen LogP contribution >= 0.6 is 0 Å². The second-order valence-corrected chi connectivity index (χ2v) is 5.18. The van der Waals surface area contributed by atoms with Crippen LogP contribution < -0.4 is 21.5 Å². The average Bonchev–Trinajstić information content (AvgIpc) is 2.35. The molecule has 2 heterocycles. The highest BCUT2D eigenvalue weighted by atomic mass is 16.2. The molecular weight excluding hydrogens is 244 g/mol. The van der Waals surface area contributed by atoms with Gasteiger partial charge in [0.1, 0.15) is 23.0 Å². The lowest BCUT2D eigenvalue weighted by molar-refractivity contribution is -0.126. The summed E-state index contributed by atoms with van der Waals surface area (Å²) in [6.45, 7) is 8.78. The third-order valence-electron chi connectivity index (χ3n) is 3.48. The predicted octanol–water partition coefficient (Wildman–Crippen LogP) is 0.0938. The fourth-order valence-corrected chi connectivity index (χ4v) is 2.29. The van der Waals surface area contributed by atoms with E-state index in [0.29, 0.717) is 24.7 Å². The third kappa shape index (κ3) is 2.21. The molecule has 4 N–H and O–H groups in total. The van der Waals surface area contributed by atoms with Crippen LogP contribution in [0.5, 0.6) is 0 Å². The van der Waals surface area contributed by atoms with Crippen molar-refractivity contribution < 1.29 is 4.79 Å². The van der Waals surface area contributed by atoms with E-state index >= 15 is 0 Å². The third-order valence-corrected chi connectivity index (χ3v) is 3.48. The lowest BCUT2D eigenvalue weighted by Gasteiger charge is -2.42. The topological polar surface area (TPSA) is 96.2 Å². The number of rotatable bonds is 2. The Bertz CT molecular complexity index is 513. The van der Waals surface area contributed by atoms with Crippen LogP contribution in [0, 0.1) is 13.8 Å². The zero-order valence-electron chi connectivity index (χ0n) is 11.7. The van der Waals surface area contributed by atoms with Gasteiger partial charge in [-0.15, -0.1) is 0 Å². The molecule has 1 aromatic rings. The van der Waals surface area contributed by atoms with Gasteiger partial charge in [0.15, 0.2) is 0 Å². The summed E-state index contributed by atoms with van der Waals surface area (Å²) in [4.78, 5) is 22.7. The highest BCUT2D eigenvalue weighted by Gasteiger charge is 2.39. The number of hydrazine groups is 1. The number of nitrogens with two attached hydrogens (primary N) is 1. The number of nitrogens with zero attached hydrogens (tertiary/aromatic N) is 3. The van der Waals surface area contributed by atoms with E-state index in [9.17, 15) is 4.79 Å². The molecule has 1 saturated heterocycles. The SMILES string of the molecule is Cc1nc(NN)c(C)c(N2CCNC(=O)C2(C)C)n1. The Balaban J connectivity index is 2.52. The number of anilines is 2. The lowest BCUT2D eigenvalue weighted by Crippen LogP contribution is -2.62. The summed E-state index contributed by atoms with van der Waals surface area (Å²) in [6.07, 6.45) is 0. The molecule has 7 heteroatoms. The van der Waals surface area contributed by atoms with E-state index in [2.05, 4.69) is 20.7 Å². The van der Waals surface area contributed by atoms with Gasteiger partial charge >= 0.3 is 0 Å². The fraction of sp³-hybridized carbons (Fsp3) is 0.583. The molecule has 104 valence electrons. The van der Waals surface area contributed by atoms with Gasteiger partial charge in [-0.2, -0.15) is 0 Å². The van der Waals surface area contributed by atoms with Gasteiger partial charge in [0.25, 0.3) is 0 Å². The fourth-order valence-electron chi connectivity index (χ4n) is 2.29. The Morgan fingerprint density at radius 3 is 2.68 bits per heavy atom. The minimum Gasteiger partial charge on any atom is -0.352 e. The zero-order valence-corrected chi connectivity index (χ0v) is 11.7. The first-order chi connectivity index (χ1) is 8.87. The highest BCUT2D eigenvalue weighted by Crippen LogP contribution is 2.29. The Hall–Kier alpha value is -1.89. The molecule has 0 spiro atoms. The summed E-state index contributed by atoms with van der Waals surface area (Å²) in [5.41, 5.74) is 2.78. The second-order valence-electron chi connectivity index (χ2n) is 5.18. The maximum absolute atomic E-state index is 12.0. The number of carbonyl (C=O) groups is 1. The number of aryl methyl sites for hydroxylation is 1. The quantitative estimate of drug-likeness (QED) is 0.517. The van der Waals surface area contributed by atoms with Crippen LogP contribution in [0.15, 0.2) is 0 Å². The number of amides is 1. The van der Waals surface area contributed by atoms with Gasteiger partial charge in [0.2, 0.25) is 5.91 Å². The monoisotopic (exact) mass is 264 g/mol. The minimum absolute atomic E-state index is 0.00308.